The number of hydrogen-bond donors (Lipinski definition) is 1. The van der Waals surface area contributed by atoms with E-state index < -0.39 is 40.0 Å². The number of nitrogens with zero attached hydrogens (tertiary/aromatic N) is 1. The van der Waals surface area contributed by atoms with Gasteiger partial charge in [-0.15, -0.1) is 0 Å². The summed E-state index contributed by atoms with van der Waals surface area (Å²) in [6.07, 6.45) is -4.61. The topological polar surface area (TPSA) is 75.7 Å². The lowest BCUT2D eigenvalue weighted by molar-refractivity contribution is -0.139. The number of nitrogens with one attached hydrogen (secondary N) is 1. The van der Waals surface area contributed by atoms with Crippen LogP contribution in [-0.4, -0.2) is 39.3 Å². The first-order valence-electron chi connectivity index (χ1n) is 8.05. The number of hydrogen-bond acceptors (Lipinski definition) is 4. The Morgan fingerprint density at radius 3 is 2.39 bits per heavy atom. The Bertz CT molecular complexity index is 973. The number of aryl methyl sites for hydroxylation is 1. The predicted molar refractivity (Wildman–Crippen MR) is 97.6 cm³/mol. The van der Waals surface area contributed by atoms with E-state index in [9.17, 15) is 26.4 Å². The van der Waals surface area contributed by atoms with Gasteiger partial charge in [0.25, 0.3) is 5.91 Å². The van der Waals surface area contributed by atoms with E-state index in [0.717, 1.165) is 16.4 Å². The summed E-state index contributed by atoms with van der Waals surface area (Å²) in [6, 6.07) is 8.75. The molecule has 6 nitrogen and oxygen atoms in total. The maximum atomic E-state index is 13.0. The van der Waals surface area contributed by atoms with Crippen molar-refractivity contribution in [2.45, 2.75) is 18.0 Å². The molecule has 0 saturated carbocycles. The summed E-state index contributed by atoms with van der Waals surface area (Å²) in [5.41, 5.74) is -0.180. The van der Waals surface area contributed by atoms with E-state index in [1.807, 2.05) is 0 Å². The first-order chi connectivity index (χ1) is 12.9. The standard InChI is InChI=1S/C18H19F3N2O4S/c1-12-8-9-13(28(25,26)23(2)3)10-15(12)22-17(24)11-27-16-7-5-4-6-14(16)18(19,20)21/h4-10H,11H2,1-3H3,(H,22,24). The number of para-hydroxylation sites is 1. The zero-order valence-corrected chi connectivity index (χ0v) is 16.2. The van der Waals surface area contributed by atoms with Crippen LogP contribution in [0.25, 0.3) is 0 Å². The van der Waals surface area contributed by atoms with E-state index in [2.05, 4.69) is 5.32 Å². The van der Waals surface area contributed by atoms with Crippen molar-refractivity contribution >= 4 is 21.6 Å². The molecule has 0 aromatic heterocycles. The maximum absolute atomic E-state index is 13.0. The number of ether oxygens (including phenoxy) is 1. The molecule has 0 radical (unpaired) electrons. The summed E-state index contributed by atoms with van der Waals surface area (Å²) < 4.78 is 69.3. The van der Waals surface area contributed by atoms with Gasteiger partial charge in [-0.2, -0.15) is 13.2 Å². The van der Waals surface area contributed by atoms with Gasteiger partial charge in [-0.3, -0.25) is 4.79 Å². The van der Waals surface area contributed by atoms with E-state index in [1.165, 1.54) is 44.4 Å². The molecule has 0 aliphatic carbocycles. The normalized spacial score (nSPS) is 12.1. The fourth-order valence-electron chi connectivity index (χ4n) is 2.26. The summed E-state index contributed by atoms with van der Waals surface area (Å²) in [7, 11) is -0.955. The van der Waals surface area contributed by atoms with Crippen molar-refractivity contribution < 1.29 is 31.1 Å². The minimum Gasteiger partial charge on any atom is -0.483 e. The Morgan fingerprint density at radius 1 is 1.14 bits per heavy atom. The van der Waals surface area contributed by atoms with Gasteiger partial charge in [0.2, 0.25) is 10.0 Å². The van der Waals surface area contributed by atoms with Crippen LogP contribution < -0.4 is 10.1 Å². The molecule has 2 aromatic rings. The molecular weight excluding hydrogens is 397 g/mol. The number of amides is 1. The highest BCUT2D eigenvalue weighted by molar-refractivity contribution is 7.89. The van der Waals surface area contributed by atoms with Gasteiger partial charge in [-0.25, -0.2) is 12.7 Å². The number of sulfonamides is 1. The molecule has 10 heteroatoms. The quantitative estimate of drug-likeness (QED) is 0.784. The predicted octanol–water partition coefficient (Wildman–Crippen LogP) is 3.28. The largest absolute Gasteiger partial charge is 0.483 e. The van der Waals surface area contributed by atoms with Crippen LogP contribution in [0.3, 0.4) is 0 Å². The van der Waals surface area contributed by atoms with Crippen molar-refractivity contribution in [1.82, 2.24) is 4.31 Å². The minimum absolute atomic E-state index is 0.0262. The van der Waals surface area contributed by atoms with Crippen LogP contribution >= 0.6 is 0 Å². The minimum atomic E-state index is -4.61. The zero-order chi connectivity index (χ0) is 21.1. The molecule has 0 unspecified atom stereocenters. The summed E-state index contributed by atoms with van der Waals surface area (Å²) in [6.45, 7) is 0.985. The monoisotopic (exact) mass is 416 g/mol. The number of anilines is 1. The molecule has 0 bridgehead atoms. The fourth-order valence-corrected chi connectivity index (χ4v) is 3.19. The Labute approximate surface area is 161 Å². The molecule has 0 saturated heterocycles. The summed E-state index contributed by atoms with van der Waals surface area (Å²) in [4.78, 5) is 12.1. The number of alkyl halides is 3. The third-order valence-corrected chi connectivity index (χ3v) is 5.62. The van der Waals surface area contributed by atoms with Gasteiger partial charge in [0, 0.05) is 19.8 Å². The first-order valence-corrected chi connectivity index (χ1v) is 9.49. The van der Waals surface area contributed by atoms with Crippen molar-refractivity contribution in [2.24, 2.45) is 0 Å². The summed E-state index contributed by atoms with van der Waals surface area (Å²) in [5, 5.41) is 2.46. The Kier molecular flexibility index (Phi) is 6.35. The second-order valence-corrected chi connectivity index (χ2v) is 8.25. The van der Waals surface area contributed by atoms with Crippen LogP contribution in [0, 0.1) is 6.92 Å². The lowest BCUT2D eigenvalue weighted by Crippen LogP contribution is -2.24. The SMILES string of the molecule is Cc1ccc(S(=O)(=O)N(C)C)cc1NC(=O)COc1ccccc1C(F)(F)F. The van der Waals surface area contributed by atoms with Crippen molar-refractivity contribution in [2.75, 3.05) is 26.0 Å². The van der Waals surface area contributed by atoms with E-state index in [-0.39, 0.29) is 10.6 Å². The van der Waals surface area contributed by atoms with Gasteiger partial charge >= 0.3 is 6.18 Å². The van der Waals surface area contributed by atoms with Crippen molar-refractivity contribution in [3.8, 4) is 5.75 Å². The van der Waals surface area contributed by atoms with Crippen LogP contribution in [0.5, 0.6) is 5.75 Å². The van der Waals surface area contributed by atoms with Crippen LogP contribution in [0.15, 0.2) is 47.4 Å². The molecule has 0 spiro atoms. The summed E-state index contributed by atoms with van der Waals surface area (Å²) >= 11 is 0. The lowest BCUT2D eigenvalue weighted by Gasteiger charge is -2.15. The van der Waals surface area contributed by atoms with Gasteiger partial charge in [-0.1, -0.05) is 18.2 Å². The van der Waals surface area contributed by atoms with E-state index in [0.29, 0.717) is 5.56 Å². The Morgan fingerprint density at radius 2 is 1.79 bits per heavy atom. The van der Waals surface area contributed by atoms with Crippen molar-refractivity contribution in [1.29, 1.82) is 0 Å². The third-order valence-electron chi connectivity index (χ3n) is 3.81. The maximum Gasteiger partial charge on any atom is 0.419 e. The number of halogens is 3. The van der Waals surface area contributed by atoms with Crippen LogP contribution in [0.4, 0.5) is 18.9 Å². The van der Waals surface area contributed by atoms with Crippen LogP contribution in [0.1, 0.15) is 11.1 Å². The number of benzene rings is 2. The molecule has 152 valence electrons. The molecule has 1 amide bonds. The van der Waals surface area contributed by atoms with Gasteiger partial charge in [-0.05, 0) is 36.8 Å². The molecule has 2 rings (SSSR count). The average Bonchev–Trinajstić information content (AvgIpc) is 2.61. The first kappa shape index (κ1) is 21.7. The van der Waals surface area contributed by atoms with Gasteiger partial charge in [0.05, 0.1) is 10.5 Å². The van der Waals surface area contributed by atoms with Crippen molar-refractivity contribution in [3.63, 3.8) is 0 Å². The Balaban J connectivity index is 2.15. The third kappa shape index (κ3) is 5.02. The molecular formula is C18H19F3N2O4S. The van der Waals surface area contributed by atoms with Crippen molar-refractivity contribution in [3.05, 3.63) is 53.6 Å². The second-order valence-electron chi connectivity index (χ2n) is 6.09. The number of rotatable bonds is 6. The van der Waals surface area contributed by atoms with E-state index >= 15 is 0 Å². The fraction of sp³-hybridized carbons (Fsp3) is 0.278. The van der Waals surface area contributed by atoms with E-state index in [4.69, 9.17) is 4.74 Å². The zero-order valence-electron chi connectivity index (χ0n) is 15.4. The van der Waals surface area contributed by atoms with Gasteiger partial charge in [0.15, 0.2) is 6.61 Å². The summed E-state index contributed by atoms with van der Waals surface area (Å²) in [5.74, 6) is -1.19. The molecule has 0 fully saturated rings. The molecule has 0 aliphatic heterocycles. The highest BCUT2D eigenvalue weighted by Crippen LogP contribution is 2.35. The van der Waals surface area contributed by atoms with Crippen LogP contribution in [-0.2, 0) is 21.0 Å². The molecule has 1 N–H and O–H groups in total. The Hall–Kier alpha value is -2.59. The molecule has 28 heavy (non-hydrogen) atoms. The smallest absolute Gasteiger partial charge is 0.419 e. The molecule has 0 aliphatic rings. The van der Waals surface area contributed by atoms with Gasteiger partial charge < -0.3 is 10.1 Å². The lowest BCUT2D eigenvalue weighted by atomic mass is 10.2. The molecule has 0 atom stereocenters. The van der Waals surface area contributed by atoms with E-state index in [1.54, 1.807) is 6.92 Å². The second kappa shape index (κ2) is 8.19. The molecule has 0 heterocycles. The molecule has 2 aromatic carbocycles. The van der Waals surface area contributed by atoms with Gasteiger partial charge in [0.1, 0.15) is 5.75 Å². The highest BCUT2D eigenvalue weighted by atomic mass is 32.2. The number of carbonyl (C=O) groups is 1. The number of carbonyl (C=O) groups excluding carboxylic acids is 1. The van der Waals surface area contributed by atoms with Crippen LogP contribution in [0.2, 0.25) is 0 Å². The highest BCUT2D eigenvalue weighted by Gasteiger charge is 2.34. The average molecular weight is 416 g/mol.